The molecule has 1 heterocycles. The second-order valence-corrected chi connectivity index (χ2v) is 10.2. The van der Waals surface area contributed by atoms with Gasteiger partial charge in [-0.25, -0.2) is 0 Å². The SMILES string of the molecule is O=C(O)CCCCN1C(=O)C(c2ccc(Cl)cc2)N(c2ccc(Cl)cc2)C(=O)c2cc(I)ccc21. The van der Waals surface area contributed by atoms with Gasteiger partial charge in [0, 0.05) is 32.3 Å². The van der Waals surface area contributed by atoms with E-state index in [1.54, 1.807) is 65.6 Å². The highest BCUT2D eigenvalue weighted by Crippen LogP contribution is 2.39. The Hall–Kier alpha value is -2.62. The van der Waals surface area contributed by atoms with Crippen LogP contribution in [0.15, 0.2) is 66.7 Å². The van der Waals surface area contributed by atoms with Gasteiger partial charge in [-0.1, -0.05) is 35.3 Å². The number of fused-ring (bicyclic) bond motifs is 1. The Kier molecular flexibility index (Phi) is 7.98. The van der Waals surface area contributed by atoms with Crippen molar-refractivity contribution >= 4 is 75.0 Å². The fourth-order valence-corrected chi connectivity index (χ4v) is 4.86. The molecule has 1 unspecified atom stereocenters. The molecule has 1 N–H and O–H groups in total. The maximum atomic E-state index is 14.2. The highest BCUT2D eigenvalue weighted by atomic mass is 127. The molecule has 3 aromatic rings. The van der Waals surface area contributed by atoms with Gasteiger partial charge < -0.3 is 10.0 Å². The van der Waals surface area contributed by atoms with Crippen molar-refractivity contribution in [1.82, 2.24) is 0 Å². The van der Waals surface area contributed by atoms with Crippen molar-refractivity contribution in [2.45, 2.75) is 25.3 Å². The Morgan fingerprint density at radius 3 is 2.17 bits per heavy atom. The average Bonchev–Trinajstić information content (AvgIpc) is 2.91. The number of aliphatic carboxylic acids is 1. The molecule has 0 aromatic heterocycles. The summed E-state index contributed by atoms with van der Waals surface area (Å²) in [4.78, 5) is 42.3. The quantitative estimate of drug-likeness (QED) is 0.238. The van der Waals surface area contributed by atoms with Crippen LogP contribution in [0.5, 0.6) is 0 Å². The van der Waals surface area contributed by atoms with Gasteiger partial charge in [-0.3, -0.25) is 19.3 Å². The summed E-state index contributed by atoms with van der Waals surface area (Å²) in [6.07, 6.45) is 0.906. The molecule has 0 saturated heterocycles. The molecule has 1 aliphatic rings. The van der Waals surface area contributed by atoms with E-state index in [-0.39, 0.29) is 24.8 Å². The van der Waals surface area contributed by atoms with E-state index in [2.05, 4.69) is 22.6 Å². The third kappa shape index (κ3) is 5.63. The van der Waals surface area contributed by atoms with E-state index in [1.807, 2.05) is 6.07 Å². The molecule has 0 saturated carbocycles. The van der Waals surface area contributed by atoms with Gasteiger partial charge in [0.2, 0.25) is 0 Å². The zero-order chi connectivity index (χ0) is 25.1. The van der Waals surface area contributed by atoms with Crippen molar-refractivity contribution in [2.24, 2.45) is 0 Å². The third-order valence-corrected chi connectivity index (χ3v) is 6.94. The first-order chi connectivity index (χ1) is 16.8. The lowest BCUT2D eigenvalue weighted by atomic mass is 10.0. The first-order valence-electron chi connectivity index (χ1n) is 10.9. The summed E-state index contributed by atoms with van der Waals surface area (Å²) in [6, 6.07) is 18.1. The van der Waals surface area contributed by atoms with Gasteiger partial charge in [-0.2, -0.15) is 0 Å². The predicted molar refractivity (Wildman–Crippen MR) is 145 cm³/mol. The van der Waals surface area contributed by atoms with E-state index in [9.17, 15) is 14.4 Å². The molecule has 35 heavy (non-hydrogen) atoms. The number of halogens is 3. The second-order valence-electron chi connectivity index (χ2n) is 8.11. The summed E-state index contributed by atoms with van der Waals surface area (Å²) < 4.78 is 0.856. The summed E-state index contributed by atoms with van der Waals surface area (Å²) in [7, 11) is 0. The standard InChI is InChI=1S/C26H21Cl2IN2O4/c27-17-6-4-16(5-7-17)24-26(35)30(14-2-1-3-23(32)33)22-13-10-19(29)15-21(22)25(34)31(24)20-11-8-18(28)9-12-20/h4-13,15,24H,1-3,14H2,(H,32,33). The number of unbranched alkanes of at least 4 members (excludes halogenated alkanes) is 1. The van der Waals surface area contributed by atoms with Crippen molar-refractivity contribution in [3.8, 4) is 0 Å². The Balaban J connectivity index is 1.87. The number of nitrogens with zero attached hydrogens (tertiary/aromatic N) is 2. The number of anilines is 2. The molecule has 6 nitrogen and oxygen atoms in total. The zero-order valence-corrected chi connectivity index (χ0v) is 22.1. The van der Waals surface area contributed by atoms with Crippen LogP contribution in [0.25, 0.3) is 0 Å². The molecule has 1 aliphatic heterocycles. The number of carboxylic acid groups (broad SMARTS) is 1. The molecule has 0 spiro atoms. The average molecular weight is 623 g/mol. The van der Waals surface area contributed by atoms with Gasteiger partial charge in [0.1, 0.15) is 6.04 Å². The largest absolute Gasteiger partial charge is 0.481 e. The lowest BCUT2D eigenvalue weighted by Crippen LogP contribution is -2.43. The molecule has 3 aromatic carbocycles. The monoisotopic (exact) mass is 622 g/mol. The number of benzene rings is 3. The summed E-state index contributed by atoms with van der Waals surface area (Å²) in [5.41, 5.74) is 2.05. The van der Waals surface area contributed by atoms with Crippen LogP contribution in [0.1, 0.15) is 41.2 Å². The van der Waals surface area contributed by atoms with Crippen LogP contribution in [-0.4, -0.2) is 29.4 Å². The predicted octanol–water partition coefficient (Wildman–Crippen LogP) is 6.59. The van der Waals surface area contributed by atoms with E-state index in [0.717, 1.165) is 3.57 Å². The third-order valence-electron chi connectivity index (χ3n) is 5.77. The van der Waals surface area contributed by atoms with Crippen LogP contribution in [0, 0.1) is 3.57 Å². The molecular formula is C26H21Cl2IN2O4. The van der Waals surface area contributed by atoms with Gasteiger partial charge in [0.15, 0.2) is 0 Å². The smallest absolute Gasteiger partial charge is 0.303 e. The van der Waals surface area contributed by atoms with E-state index < -0.39 is 12.0 Å². The Bertz CT molecular complexity index is 1270. The number of carbonyl (C=O) groups excluding carboxylic acids is 2. The Morgan fingerprint density at radius 2 is 1.54 bits per heavy atom. The molecule has 180 valence electrons. The summed E-state index contributed by atoms with van der Waals surface area (Å²) in [5, 5.41) is 10.0. The molecule has 0 fully saturated rings. The second kappa shape index (κ2) is 11.0. The minimum Gasteiger partial charge on any atom is -0.481 e. The first-order valence-corrected chi connectivity index (χ1v) is 12.8. The summed E-state index contributed by atoms with van der Waals surface area (Å²) in [5.74, 6) is -1.49. The van der Waals surface area contributed by atoms with Gasteiger partial charge in [-0.05, 0) is 95.6 Å². The molecule has 1 atom stereocenters. The van der Waals surface area contributed by atoms with Crippen LogP contribution < -0.4 is 9.80 Å². The van der Waals surface area contributed by atoms with Gasteiger partial charge in [-0.15, -0.1) is 0 Å². The lowest BCUT2D eigenvalue weighted by Gasteiger charge is -2.31. The minimum atomic E-state index is -0.953. The fourth-order valence-electron chi connectivity index (χ4n) is 4.12. The highest BCUT2D eigenvalue weighted by Gasteiger charge is 2.41. The zero-order valence-electron chi connectivity index (χ0n) is 18.5. The maximum Gasteiger partial charge on any atom is 0.303 e. The maximum absolute atomic E-state index is 14.2. The number of carbonyl (C=O) groups is 3. The number of hydrogen-bond donors (Lipinski definition) is 1. The van der Waals surface area contributed by atoms with Crippen LogP contribution in [-0.2, 0) is 9.59 Å². The summed E-state index contributed by atoms with van der Waals surface area (Å²) in [6.45, 7) is 0.283. The van der Waals surface area contributed by atoms with Gasteiger partial charge >= 0.3 is 5.97 Å². The molecular weight excluding hydrogens is 602 g/mol. The molecule has 2 amide bonds. The first kappa shape index (κ1) is 25.5. The van der Waals surface area contributed by atoms with Crippen molar-refractivity contribution < 1.29 is 19.5 Å². The topological polar surface area (TPSA) is 77.9 Å². The number of carboxylic acids is 1. The fraction of sp³-hybridized carbons (Fsp3) is 0.192. The van der Waals surface area contributed by atoms with Crippen molar-refractivity contribution in [3.05, 3.63) is 91.5 Å². The van der Waals surface area contributed by atoms with Crippen molar-refractivity contribution in [2.75, 3.05) is 16.3 Å². The summed E-state index contributed by atoms with van der Waals surface area (Å²) >= 11 is 14.3. The Labute approximate surface area is 226 Å². The lowest BCUT2D eigenvalue weighted by molar-refractivity contribution is -0.137. The molecule has 0 radical (unpaired) electrons. The molecule has 9 heteroatoms. The van der Waals surface area contributed by atoms with E-state index in [4.69, 9.17) is 28.3 Å². The Morgan fingerprint density at radius 1 is 0.914 bits per heavy atom. The van der Waals surface area contributed by atoms with E-state index in [1.165, 1.54) is 4.90 Å². The molecule has 4 rings (SSSR count). The van der Waals surface area contributed by atoms with Crippen LogP contribution in [0.3, 0.4) is 0 Å². The minimum absolute atomic E-state index is 0.0119. The van der Waals surface area contributed by atoms with E-state index >= 15 is 0 Å². The van der Waals surface area contributed by atoms with Crippen LogP contribution >= 0.6 is 45.8 Å². The highest BCUT2D eigenvalue weighted by molar-refractivity contribution is 14.1. The number of hydrogen-bond acceptors (Lipinski definition) is 3. The van der Waals surface area contributed by atoms with E-state index in [0.29, 0.717) is 45.4 Å². The van der Waals surface area contributed by atoms with Crippen LogP contribution in [0.4, 0.5) is 11.4 Å². The number of rotatable bonds is 7. The van der Waals surface area contributed by atoms with Gasteiger partial charge in [0.25, 0.3) is 11.8 Å². The molecule has 0 bridgehead atoms. The number of amides is 2. The molecule has 0 aliphatic carbocycles. The van der Waals surface area contributed by atoms with Crippen molar-refractivity contribution in [3.63, 3.8) is 0 Å². The van der Waals surface area contributed by atoms with Crippen molar-refractivity contribution in [1.29, 1.82) is 0 Å². The van der Waals surface area contributed by atoms with Crippen LogP contribution in [0.2, 0.25) is 10.0 Å². The normalized spacial score (nSPS) is 15.7. The van der Waals surface area contributed by atoms with Gasteiger partial charge in [0.05, 0.1) is 11.3 Å².